The number of nitro benzene ring substituents is 1. The van der Waals surface area contributed by atoms with Crippen LogP contribution in [-0.4, -0.2) is 27.0 Å². The third-order valence-electron chi connectivity index (χ3n) is 3.21. The number of benzene rings is 2. The number of carbonyl (C=O) groups excluding carboxylic acids is 1. The first-order valence-electron chi connectivity index (χ1n) is 7.33. The summed E-state index contributed by atoms with van der Waals surface area (Å²) in [6.45, 7) is 0. The fraction of sp³-hybridized carbons (Fsp3) is 0. The maximum absolute atomic E-state index is 11.9. The number of nitro groups is 1. The Morgan fingerprint density at radius 1 is 1.22 bits per heavy atom. The van der Waals surface area contributed by atoms with Gasteiger partial charge in [-0.1, -0.05) is 12.1 Å². The van der Waals surface area contributed by atoms with Crippen LogP contribution in [0.3, 0.4) is 0 Å². The Hall–Kier alpha value is -2.86. The molecule has 2 aromatic rings. The molecule has 3 N–H and O–H groups in total. The molecular formula is C17H12IN3O5S. The standard InChI is InChI=1S/C17H12IN3O5S/c18-11-5-6-14(13(9-11)16(23)24)19-17(27)20-15(22)7-4-10-2-1-3-12(8-10)21(25)26/h1-9H,(H,23,24)(H2,19,20,22,27)/b7-4+. The highest BCUT2D eigenvalue weighted by atomic mass is 127. The van der Waals surface area contributed by atoms with Gasteiger partial charge in [0.25, 0.3) is 5.69 Å². The van der Waals surface area contributed by atoms with E-state index in [0.29, 0.717) is 5.56 Å². The largest absolute Gasteiger partial charge is 0.478 e. The molecule has 27 heavy (non-hydrogen) atoms. The Kier molecular flexibility index (Phi) is 6.96. The highest BCUT2D eigenvalue weighted by Crippen LogP contribution is 2.19. The van der Waals surface area contributed by atoms with Gasteiger partial charge in [-0.25, -0.2) is 4.79 Å². The number of hydrogen-bond donors (Lipinski definition) is 3. The van der Waals surface area contributed by atoms with E-state index in [-0.39, 0.29) is 22.1 Å². The zero-order valence-electron chi connectivity index (χ0n) is 13.5. The summed E-state index contributed by atoms with van der Waals surface area (Å²) < 4.78 is 0.741. The van der Waals surface area contributed by atoms with Crippen molar-refractivity contribution in [3.05, 3.63) is 73.4 Å². The van der Waals surface area contributed by atoms with Crippen LogP contribution in [0.2, 0.25) is 0 Å². The molecule has 0 unspecified atom stereocenters. The summed E-state index contributed by atoms with van der Waals surface area (Å²) in [5.41, 5.74) is 0.653. The number of non-ortho nitro benzene ring substituents is 1. The van der Waals surface area contributed by atoms with E-state index >= 15 is 0 Å². The van der Waals surface area contributed by atoms with Gasteiger partial charge in [0.1, 0.15) is 0 Å². The van der Waals surface area contributed by atoms with Crippen molar-refractivity contribution in [1.82, 2.24) is 5.32 Å². The number of halogens is 1. The average Bonchev–Trinajstić information content (AvgIpc) is 2.61. The molecule has 0 fully saturated rings. The topological polar surface area (TPSA) is 122 Å². The van der Waals surface area contributed by atoms with Crippen molar-refractivity contribution >= 4 is 69.2 Å². The van der Waals surface area contributed by atoms with Gasteiger partial charge < -0.3 is 10.4 Å². The molecule has 0 aliphatic rings. The molecule has 0 atom stereocenters. The molecule has 8 nitrogen and oxygen atoms in total. The van der Waals surface area contributed by atoms with E-state index in [1.54, 1.807) is 18.2 Å². The molecule has 0 heterocycles. The van der Waals surface area contributed by atoms with Crippen molar-refractivity contribution in [3.63, 3.8) is 0 Å². The van der Waals surface area contributed by atoms with E-state index in [9.17, 15) is 24.8 Å². The zero-order valence-corrected chi connectivity index (χ0v) is 16.5. The van der Waals surface area contributed by atoms with E-state index < -0.39 is 16.8 Å². The Bertz CT molecular complexity index is 961. The second kappa shape index (κ2) is 9.19. The predicted molar refractivity (Wildman–Crippen MR) is 113 cm³/mol. The summed E-state index contributed by atoms with van der Waals surface area (Å²) in [5, 5.41) is 24.9. The van der Waals surface area contributed by atoms with Crippen LogP contribution < -0.4 is 10.6 Å². The van der Waals surface area contributed by atoms with E-state index in [0.717, 1.165) is 3.57 Å². The van der Waals surface area contributed by atoms with Gasteiger partial charge in [0, 0.05) is 21.8 Å². The number of hydrogen-bond acceptors (Lipinski definition) is 5. The number of nitrogens with zero attached hydrogens (tertiary/aromatic N) is 1. The minimum Gasteiger partial charge on any atom is -0.478 e. The van der Waals surface area contributed by atoms with Crippen molar-refractivity contribution in [2.24, 2.45) is 0 Å². The zero-order chi connectivity index (χ0) is 20.0. The summed E-state index contributed by atoms with van der Waals surface area (Å²) in [4.78, 5) is 33.4. The second-order valence-corrected chi connectivity index (χ2v) is 6.78. The van der Waals surface area contributed by atoms with Gasteiger partial charge in [-0.15, -0.1) is 0 Å². The van der Waals surface area contributed by atoms with Crippen molar-refractivity contribution in [3.8, 4) is 0 Å². The molecule has 0 aliphatic heterocycles. The van der Waals surface area contributed by atoms with Gasteiger partial charge in [-0.05, 0) is 64.6 Å². The lowest BCUT2D eigenvalue weighted by Gasteiger charge is -2.11. The van der Waals surface area contributed by atoms with Crippen molar-refractivity contribution in [1.29, 1.82) is 0 Å². The molecule has 10 heteroatoms. The smallest absolute Gasteiger partial charge is 0.337 e. The summed E-state index contributed by atoms with van der Waals surface area (Å²) in [6.07, 6.45) is 2.57. The fourth-order valence-electron chi connectivity index (χ4n) is 2.02. The number of carbonyl (C=O) groups is 2. The van der Waals surface area contributed by atoms with E-state index in [2.05, 4.69) is 10.6 Å². The average molecular weight is 497 g/mol. The molecule has 0 bridgehead atoms. The third-order valence-corrected chi connectivity index (χ3v) is 4.08. The quantitative estimate of drug-likeness (QED) is 0.190. The number of anilines is 1. The number of carboxylic acid groups (broad SMARTS) is 1. The van der Waals surface area contributed by atoms with Gasteiger partial charge in [0.05, 0.1) is 16.2 Å². The Balaban J connectivity index is 2.02. The molecule has 1 amide bonds. The van der Waals surface area contributed by atoms with Crippen LogP contribution in [0.5, 0.6) is 0 Å². The molecule has 0 saturated carbocycles. The Labute approximate surface area is 172 Å². The maximum atomic E-state index is 11.9. The number of thiocarbonyl (C=S) groups is 1. The van der Waals surface area contributed by atoms with Gasteiger partial charge in [0.15, 0.2) is 5.11 Å². The molecule has 0 aliphatic carbocycles. The first-order valence-corrected chi connectivity index (χ1v) is 8.82. The van der Waals surface area contributed by atoms with Crippen molar-refractivity contribution in [2.45, 2.75) is 0 Å². The third kappa shape index (κ3) is 6.11. The molecule has 0 spiro atoms. The number of aromatic carboxylic acids is 1. The number of carboxylic acids is 1. The summed E-state index contributed by atoms with van der Waals surface area (Å²) in [7, 11) is 0. The minimum absolute atomic E-state index is 0.0191. The summed E-state index contributed by atoms with van der Waals surface area (Å²) in [6, 6.07) is 10.5. The van der Waals surface area contributed by atoms with Crippen LogP contribution in [0.4, 0.5) is 11.4 Å². The van der Waals surface area contributed by atoms with Crippen molar-refractivity contribution < 1.29 is 19.6 Å². The van der Waals surface area contributed by atoms with Crippen molar-refractivity contribution in [2.75, 3.05) is 5.32 Å². The number of nitrogens with one attached hydrogen (secondary N) is 2. The van der Waals surface area contributed by atoms with Gasteiger partial charge in [-0.2, -0.15) is 0 Å². The first-order chi connectivity index (χ1) is 12.8. The molecule has 2 rings (SSSR count). The lowest BCUT2D eigenvalue weighted by molar-refractivity contribution is -0.384. The molecule has 2 aromatic carbocycles. The molecule has 138 valence electrons. The molecular weight excluding hydrogens is 485 g/mol. The van der Waals surface area contributed by atoms with Crippen LogP contribution in [0.25, 0.3) is 6.08 Å². The number of amides is 1. The highest BCUT2D eigenvalue weighted by Gasteiger charge is 2.12. The van der Waals surface area contributed by atoms with Crippen LogP contribution >= 0.6 is 34.8 Å². The van der Waals surface area contributed by atoms with E-state index in [4.69, 9.17) is 12.2 Å². The normalized spacial score (nSPS) is 10.4. The Morgan fingerprint density at radius 2 is 1.96 bits per heavy atom. The van der Waals surface area contributed by atoms with E-state index in [1.807, 2.05) is 22.6 Å². The minimum atomic E-state index is -1.13. The SMILES string of the molecule is O=C(/C=C/c1cccc([N+](=O)[O-])c1)NC(=S)Nc1ccc(I)cc1C(=O)O. The summed E-state index contributed by atoms with van der Waals surface area (Å²) >= 11 is 7.00. The maximum Gasteiger partial charge on any atom is 0.337 e. The molecule has 0 aromatic heterocycles. The monoisotopic (exact) mass is 497 g/mol. The highest BCUT2D eigenvalue weighted by molar-refractivity contribution is 14.1. The summed E-state index contributed by atoms with van der Waals surface area (Å²) in [5.74, 6) is -1.70. The van der Waals surface area contributed by atoms with E-state index in [1.165, 1.54) is 36.4 Å². The van der Waals surface area contributed by atoms with Crippen LogP contribution in [0.15, 0.2) is 48.5 Å². The number of rotatable bonds is 5. The lowest BCUT2D eigenvalue weighted by atomic mass is 10.2. The van der Waals surface area contributed by atoms with Crippen LogP contribution in [-0.2, 0) is 4.79 Å². The first kappa shape index (κ1) is 20.5. The van der Waals surface area contributed by atoms with Gasteiger partial charge in [0.2, 0.25) is 5.91 Å². The molecule has 0 saturated heterocycles. The molecule has 0 radical (unpaired) electrons. The van der Waals surface area contributed by atoms with Gasteiger partial charge in [-0.3, -0.25) is 20.2 Å². The van der Waals surface area contributed by atoms with Crippen LogP contribution in [0.1, 0.15) is 15.9 Å². The second-order valence-electron chi connectivity index (χ2n) is 5.12. The Morgan fingerprint density at radius 3 is 2.63 bits per heavy atom. The predicted octanol–water partition coefficient (Wildman–Crippen LogP) is 3.42. The fourth-order valence-corrected chi connectivity index (χ4v) is 2.73. The lowest BCUT2D eigenvalue weighted by Crippen LogP contribution is -2.33. The van der Waals surface area contributed by atoms with Gasteiger partial charge >= 0.3 is 5.97 Å². The van der Waals surface area contributed by atoms with Crippen LogP contribution in [0, 0.1) is 13.7 Å².